The van der Waals surface area contributed by atoms with E-state index in [2.05, 4.69) is 9.72 Å². The SMILES string of the molecule is COC(=O)[C@H](N)Cc1ccc(N)nc1. The molecule has 5 heteroatoms. The number of carbonyl (C=O) groups is 1. The number of aromatic nitrogens is 1. The number of hydrogen-bond acceptors (Lipinski definition) is 5. The van der Waals surface area contributed by atoms with E-state index < -0.39 is 12.0 Å². The van der Waals surface area contributed by atoms with Crippen molar-refractivity contribution in [3.8, 4) is 0 Å². The van der Waals surface area contributed by atoms with Gasteiger partial charge in [0, 0.05) is 6.20 Å². The van der Waals surface area contributed by atoms with Gasteiger partial charge in [-0.3, -0.25) is 4.79 Å². The molecule has 0 amide bonds. The van der Waals surface area contributed by atoms with Crippen molar-refractivity contribution in [3.05, 3.63) is 23.9 Å². The lowest BCUT2D eigenvalue weighted by Gasteiger charge is -2.08. The maximum atomic E-state index is 11.0. The van der Waals surface area contributed by atoms with Crippen LogP contribution < -0.4 is 11.5 Å². The fourth-order valence-corrected chi connectivity index (χ4v) is 1.05. The molecule has 0 spiro atoms. The van der Waals surface area contributed by atoms with Gasteiger partial charge in [-0.05, 0) is 18.1 Å². The first kappa shape index (κ1) is 10.5. The van der Waals surface area contributed by atoms with E-state index in [1.807, 2.05) is 0 Å². The van der Waals surface area contributed by atoms with Gasteiger partial charge in [-0.25, -0.2) is 4.98 Å². The first-order chi connectivity index (χ1) is 6.63. The molecule has 5 nitrogen and oxygen atoms in total. The summed E-state index contributed by atoms with van der Waals surface area (Å²) in [5, 5.41) is 0. The molecule has 0 aliphatic rings. The predicted octanol–water partition coefficient (Wildman–Crippen LogP) is -0.293. The van der Waals surface area contributed by atoms with Crippen LogP contribution in [0, 0.1) is 0 Å². The van der Waals surface area contributed by atoms with Crippen LogP contribution in [0.4, 0.5) is 5.82 Å². The minimum Gasteiger partial charge on any atom is -0.468 e. The summed E-state index contributed by atoms with van der Waals surface area (Å²) in [7, 11) is 1.31. The number of nitrogens with zero attached hydrogens (tertiary/aromatic N) is 1. The number of nitrogens with two attached hydrogens (primary N) is 2. The highest BCUT2D eigenvalue weighted by Gasteiger charge is 2.13. The number of hydrogen-bond donors (Lipinski definition) is 2. The van der Waals surface area contributed by atoms with E-state index in [-0.39, 0.29) is 0 Å². The Kier molecular flexibility index (Phi) is 3.41. The zero-order valence-corrected chi connectivity index (χ0v) is 7.93. The first-order valence-electron chi connectivity index (χ1n) is 4.17. The van der Waals surface area contributed by atoms with Crippen LogP contribution in [0.1, 0.15) is 5.56 Å². The minimum atomic E-state index is -0.648. The highest BCUT2D eigenvalue weighted by molar-refractivity contribution is 5.75. The third-order valence-corrected chi connectivity index (χ3v) is 1.81. The molecule has 76 valence electrons. The van der Waals surface area contributed by atoms with Crippen LogP contribution >= 0.6 is 0 Å². The summed E-state index contributed by atoms with van der Waals surface area (Å²) in [4.78, 5) is 14.9. The van der Waals surface area contributed by atoms with Crippen molar-refractivity contribution in [3.63, 3.8) is 0 Å². The van der Waals surface area contributed by atoms with Gasteiger partial charge in [0.05, 0.1) is 7.11 Å². The second-order valence-electron chi connectivity index (χ2n) is 2.93. The van der Waals surface area contributed by atoms with Gasteiger partial charge in [-0.2, -0.15) is 0 Å². The number of anilines is 1. The summed E-state index contributed by atoms with van der Waals surface area (Å²) < 4.78 is 4.50. The van der Waals surface area contributed by atoms with Crippen molar-refractivity contribution < 1.29 is 9.53 Å². The molecule has 4 N–H and O–H groups in total. The topological polar surface area (TPSA) is 91.2 Å². The molecule has 1 heterocycles. The monoisotopic (exact) mass is 195 g/mol. The number of nitrogen functional groups attached to an aromatic ring is 1. The van der Waals surface area contributed by atoms with Gasteiger partial charge in [0.1, 0.15) is 11.9 Å². The molecule has 14 heavy (non-hydrogen) atoms. The Hall–Kier alpha value is -1.62. The van der Waals surface area contributed by atoms with E-state index >= 15 is 0 Å². The first-order valence-corrected chi connectivity index (χ1v) is 4.17. The third-order valence-electron chi connectivity index (χ3n) is 1.81. The molecular formula is C9H13N3O2. The van der Waals surface area contributed by atoms with E-state index in [0.29, 0.717) is 12.2 Å². The quantitative estimate of drug-likeness (QED) is 0.646. The van der Waals surface area contributed by atoms with Crippen molar-refractivity contribution in [2.45, 2.75) is 12.5 Å². The van der Waals surface area contributed by atoms with Gasteiger partial charge in [-0.15, -0.1) is 0 Å². The lowest BCUT2D eigenvalue weighted by molar-refractivity contribution is -0.142. The fraction of sp³-hybridized carbons (Fsp3) is 0.333. The smallest absolute Gasteiger partial charge is 0.322 e. The Morgan fingerprint density at radius 3 is 2.86 bits per heavy atom. The Labute approximate surface area is 82.1 Å². The summed E-state index contributed by atoms with van der Waals surface area (Å²) in [6.45, 7) is 0. The summed E-state index contributed by atoms with van der Waals surface area (Å²) >= 11 is 0. The van der Waals surface area contributed by atoms with Gasteiger partial charge < -0.3 is 16.2 Å². The van der Waals surface area contributed by atoms with Crippen LogP contribution in [-0.4, -0.2) is 24.1 Å². The van der Waals surface area contributed by atoms with Crippen LogP contribution in [0.15, 0.2) is 18.3 Å². The van der Waals surface area contributed by atoms with E-state index in [1.54, 1.807) is 18.3 Å². The highest BCUT2D eigenvalue weighted by Crippen LogP contribution is 2.04. The predicted molar refractivity (Wildman–Crippen MR) is 52.3 cm³/mol. The zero-order chi connectivity index (χ0) is 10.6. The van der Waals surface area contributed by atoms with E-state index in [0.717, 1.165) is 5.56 Å². The minimum absolute atomic E-state index is 0.403. The van der Waals surface area contributed by atoms with Crippen LogP contribution in [0.2, 0.25) is 0 Å². The zero-order valence-electron chi connectivity index (χ0n) is 7.93. The number of rotatable bonds is 3. The standard InChI is InChI=1S/C9H13N3O2/c1-14-9(13)7(10)4-6-2-3-8(11)12-5-6/h2-3,5,7H,4,10H2,1H3,(H2,11,12)/t7-/m1/s1. The second kappa shape index (κ2) is 4.57. The van der Waals surface area contributed by atoms with Gasteiger partial charge in [0.2, 0.25) is 0 Å². The van der Waals surface area contributed by atoms with Gasteiger partial charge in [-0.1, -0.05) is 6.07 Å². The van der Waals surface area contributed by atoms with Gasteiger partial charge in [0.15, 0.2) is 0 Å². The Morgan fingerprint density at radius 2 is 2.36 bits per heavy atom. The molecule has 0 radical (unpaired) electrons. The average Bonchev–Trinajstić information content (AvgIpc) is 2.20. The summed E-state index contributed by atoms with van der Waals surface area (Å²) in [6.07, 6.45) is 2.00. The normalized spacial score (nSPS) is 12.1. The molecule has 1 rings (SSSR count). The van der Waals surface area contributed by atoms with Crippen LogP contribution in [0.25, 0.3) is 0 Å². The lowest BCUT2D eigenvalue weighted by Crippen LogP contribution is -2.33. The summed E-state index contributed by atoms with van der Waals surface area (Å²) in [5.41, 5.74) is 11.8. The molecule has 0 aliphatic carbocycles. The molecule has 0 saturated carbocycles. The van der Waals surface area contributed by atoms with Crippen molar-refractivity contribution in [2.75, 3.05) is 12.8 Å². The molecular weight excluding hydrogens is 182 g/mol. The van der Waals surface area contributed by atoms with E-state index in [4.69, 9.17) is 11.5 Å². The fourth-order valence-electron chi connectivity index (χ4n) is 1.05. The highest BCUT2D eigenvalue weighted by atomic mass is 16.5. The second-order valence-corrected chi connectivity index (χ2v) is 2.93. The summed E-state index contributed by atoms with van der Waals surface area (Å²) in [6, 6.07) is 2.80. The van der Waals surface area contributed by atoms with Crippen LogP contribution in [0.5, 0.6) is 0 Å². The molecule has 0 fully saturated rings. The molecule has 0 unspecified atom stereocenters. The maximum absolute atomic E-state index is 11.0. The molecule has 0 aliphatic heterocycles. The lowest BCUT2D eigenvalue weighted by atomic mass is 10.1. The molecule has 1 aromatic rings. The Balaban J connectivity index is 2.60. The van der Waals surface area contributed by atoms with Crippen LogP contribution in [0.3, 0.4) is 0 Å². The third kappa shape index (κ3) is 2.70. The Morgan fingerprint density at radius 1 is 1.64 bits per heavy atom. The number of pyridine rings is 1. The molecule has 0 bridgehead atoms. The molecule has 0 aromatic carbocycles. The number of carbonyl (C=O) groups excluding carboxylic acids is 1. The Bertz CT molecular complexity index is 310. The number of ether oxygens (including phenoxy) is 1. The van der Waals surface area contributed by atoms with Crippen molar-refractivity contribution in [1.29, 1.82) is 0 Å². The maximum Gasteiger partial charge on any atom is 0.322 e. The van der Waals surface area contributed by atoms with Crippen molar-refractivity contribution in [1.82, 2.24) is 4.98 Å². The van der Waals surface area contributed by atoms with Gasteiger partial charge >= 0.3 is 5.97 Å². The number of esters is 1. The number of methoxy groups -OCH3 is 1. The van der Waals surface area contributed by atoms with Gasteiger partial charge in [0.25, 0.3) is 0 Å². The van der Waals surface area contributed by atoms with E-state index in [9.17, 15) is 4.79 Å². The largest absolute Gasteiger partial charge is 0.468 e. The van der Waals surface area contributed by atoms with Crippen LogP contribution in [-0.2, 0) is 16.0 Å². The van der Waals surface area contributed by atoms with Crippen molar-refractivity contribution in [2.24, 2.45) is 5.73 Å². The molecule has 0 saturated heterocycles. The molecule has 1 aromatic heterocycles. The average molecular weight is 195 g/mol. The summed E-state index contributed by atoms with van der Waals surface area (Å²) in [5.74, 6) is 0.0159. The molecule has 1 atom stereocenters. The van der Waals surface area contributed by atoms with Crippen molar-refractivity contribution >= 4 is 11.8 Å². The van der Waals surface area contributed by atoms with E-state index in [1.165, 1.54) is 7.11 Å².